The number of piperidine rings is 2. The summed E-state index contributed by atoms with van der Waals surface area (Å²) < 4.78 is 22.7. The standard InChI is InChI=1S/C22H24FN5O2/c1-13-11-28(12-24-13)15-3-4-16(18(29)9-15)17-5-6-19(27-26-17)30-20-14-7-8-22(2,21(20)23)25-10-14/h3-6,9,11-12,14,20-21,25,29H,7-8,10H2,1-2H3/t14?,20-,21+,22-/m0/s1. The molecule has 2 aliphatic heterocycles. The van der Waals surface area contributed by atoms with Gasteiger partial charge in [-0.05, 0) is 44.9 Å². The van der Waals surface area contributed by atoms with Crippen molar-refractivity contribution in [1.82, 2.24) is 25.1 Å². The molecule has 156 valence electrons. The maximum atomic E-state index is 14.9. The second-order valence-electron chi connectivity index (χ2n) is 8.46. The SMILES string of the molecule is Cc1cn(-c2ccc(-c3ccc(O[C@H]4C5CC[C@](C)(NC5)[C@@H]4F)nn3)c(O)c2)cn1. The maximum Gasteiger partial charge on any atom is 0.233 e. The van der Waals surface area contributed by atoms with Crippen LogP contribution in [0.3, 0.4) is 0 Å². The lowest BCUT2D eigenvalue weighted by atomic mass is 9.70. The summed E-state index contributed by atoms with van der Waals surface area (Å²) in [6, 6.07) is 8.73. The smallest absolute Gasteiger partial charge is 0.233 e. The molecular formula is C22H24FN5O2. The highest BCUT2D eigenvalue weighted by atomic mass is 19.1. The fourth-order valence-electron chi connectivity index (χ4n) is 4.44. The molecule has 30 heavy (non-hydrogen) atoms. The van der Waals surface area contributed by atoms with Crippen molar-refractivity contribution in [2.45, 2.75) is 44.5 Å². The molecule has 0 radical (unpaired) electrons. The van der Waals surface area contributed by atoms with Crippen LogP contribution in [0.25, 0.3) is 16.9 Å². The van der Waals surface area contributed by atoms with Gasteiger partial charge in [-0.2, -0.15) is 0 Å². The average Bonchev–Trinajstić information content (AvgIpc) is 3.18. The molecule has 2 aromatic heterocycles. The molecular weight excluding hydrogens is 385 g/mol. The Labute approximate surface area is 173 Å². The summed E-state index contributed by atoms with van der Waals surface area (Å²) in [5.41, 5.74) is 2.24. The number of aryl methyl sites for hydroxylation is 1. The number of phenolic OH excluding ortho intramolecular Hbond substituents is 1. The molecule has 7 nitrogen and oxygen atoms in total. The Morgan fingerprint density at radius 3 is 2.77 bits per heavy atom. The van der Waals surface area contributed by atoms with E-state index in [4.69, 9.17) is 4.74 Å². The molecule has 4 atom stereocenters. The topological polar surface area (TPSA) is 85.1 Å². The van der Waals surface area contributed by atoms with Gasteiger partial charge in [0.15, 0.2) is 6.17 Å². The van der Waals surface area contributed by atoms with Crippen LogP contribution in [0.2, 0.25) is 0 Å². The van der Waals surface area contributed by atoms with E-state index in [2.05, 4.69) is 20.5 Å². The summed E-state index contributed by atoms with van der Waals surface area (Å²) >= 11 is 0. The molecule has 0 spiro atoms. The van der Waals surface area contributed by atoms with Crippen molar-refractivity contribution in [3.05, 3.63) is 48.5 Å². The number of rotatable bonds is 4. The molecule has 2 saturated heterocycles. The first-order chi connectivity index (χ1) is 14.4. The van der Waals surface area contributed by atoms with Crippen molar-refractivity contribution in [2.75, 3.05) is 6.54 Å². The van der Waals surface area contributed by atoms with E-state index in [1.807, 2.05) is 30.7 Å². The number of alkyl halides is 1. The fraction of sp³-hybridized carbons (Fsp3) is 0.409. The number of nitrogens with zero attached hydrogens (tertiary/aromatic N) is 4. The first kappa shape index (κ1) is 19.0. The summed E-state index contributed by atoms with van der Waals surface area (Å²) in [6.45, 7) is 4.57. The second kappa shape index (κ2) is 7.05. The number of aromatic nitrogens is 4. The predicted molar refractivity (Wildman–Crippen MR) is 109 cm³/mol. The molecule has 4 heterocycles. The lowest BCUT2D eigenvalue weighted by Crippen LogP contribution is -2.68. The first-order valence-electron chi connectivity index (χ1n) is 10.2. The Morgan fingerprint density at radius 1 is 1.27 bits per heavy atom. The number of benzene rings is 1. The van der Waals surface area contributed by atoms with Crippen LogP contribution in [0.4, 0.5) is 4.39 Å². The summed E-state index contributed by atoms with van der Waals surface area (Å²) in [5, 5.41) is 22.1. The van der Waals surface area contributed by atoms with Crippen molar-refractivity contribution in [1.29, 1.82) is 0 Å². The molecule has 1 saturated carbocycles. The van der Waals surface area contributed by atoms with E-state index in [9.17, 15) is 9.50 Å². The highest BCUT2D eigenvalue weighted by Crippen LogP contribution is 2.40. The zero-order valence-corrected chi connectivity index (χ0v) is 16.9. The van der Waals surface area contributed by atoms with Gasteiger partial charge in [0.2, 0.25) is 5.88 Å². The van der Waals surface area contributed by atoms with Crippen molar-refractivity contribution in [3.63, 3.8) is 0 Å². The van der Waals surface area contributed by atoms with Crippen molar-refractivity contribution < 1.29 is 14.2 Å². The van der Waals surface area contributed by atoms with Crippen LogP contribution < -0.4 is 10.1 Å². The molecule has 8 heteroatoms. The Hall–Kier alpha value is -3.00. The van der Waals surface area contributed by atoms with Crippen LogP contribution in [0, 0.1) is 12.8 Å². The highest BCUT2D eigenvalue weighted by molar-refractivity contribution is 5.68. The number of ether oxygens (including phenoxy) is 1. The lowest BCUT2D eigenvalue weighted by molar-refractivity contribution is -0.0729. The normalized spacial score (nSPS) is 27.9. The van der Waals surface area contributed by atoms with E-state index >= 15 is 0 Å². The quantitative estimate of drug-likeness (QED) is 0.688. The van der Waals surface area contributed by atoms with Gasteiger partial charge in [0.05, 0.1) is 28.9 Å². The molecule has 2 bridgehead atoms. The van der Waals surface area contributed by atoms with E-state index < -0.39 is 17.8 Å². The molecule has 6 rings (SSSR count). The summed E-state index contributed by atoms with van der Waals surface area (Å²) in [4.78, 5) is 4.20. The number of fused-ring (bicyclic) bond motifs is 3. The molecule has 3 aliphatic rings. The van der Waals surface area contributed by atoms with Crippen molar-refractivity contribution in [2.24, 2.45) is 5.92 Å². The minimum absolute atomic E-state index is 0.0919. The van der Waals surface area contributed by atoms with Crippen molar-refractivity contribution >= 4 is 0 Å². The van der Waals surface area contributed by atoms with Crippen LogP contribution in [-0.2, 0) is 0 Å². The second-order valence-corrected chi connectivity index (χ2v) is 8.46. The summed E-state index contributed by atoms with van der Waals surface area (Å²) in [7, 11) is 0. The van der Waals surface area contributed by atoms with E-state index in [0.717, 1.165) is 30.8 Å². The van der Waals surface area contributed by atoms with Gasteiger partial charge in [0.25, 0.3) is 0 Å². The monoisotopic (exact) mass is 409 g/mol. The maximum absolute atomic E-state index is 14.9. The first-order valence-corrected chi connectivity index (χ1v) is 10.2. The van der Waals surface area contributed by atoms with E-state index in [0.29, 0.717) is 17.1 Å². The number of hydrogen-bond acceptors (Lipinski definition) is 6. The third kappa shape index (κ3) is 3.21. The zero-order chi connectivity index (χ0) is 20.9. The Kier molecular flexibility index (Phi) is 4.47. The Bertz CT molecular complexity index is 1060. The molecule has 0 amide bonds. The highest BCUT2D eigenvalue weighted by Gasteiger charge is 2.52. The summed E-state index contributed by atoms with van der Waals surface area (Å²) in [6.07, 6.45) is 3.73. The third-order valence-electron chi connectivity index (χ3n) is 6.33. The minimum Gasteiger partial charge on any atom is -0.507 e. The van der Waals surface area contributed by atoms with Gasteiger partial charge in [-0.1, -0.05) is 0 Å². The molecule has 1 aromatic carbocycles. The number of hydrogen-bond donors (Lipinski definition) is 2. The van der Waals surface area contributed by atoms with Gasteiger partial charge in [-0.25, -0.2) is 9.37 Å². The Balaban J connectivity index is 1.34. The van der Waals surface area contributed by atoms with E-state index in [1.165, 1.54) is 0 Å². The largest absolute Gasteiger partial charge is 0.507 e. The number of aromatic hydroxyl groups is 1. The molecule has 3 aromatic rings. The molecule has 2 N–H and O–H groups in total. The van der Waals surface area contributed by atoms with Crippen LogP contribution >= 0.6 is 0 Å². The van der Waals surface area contributed by atoms with Crippen LogP contribution in [0.15, 0.2) is 42.9 Å². The lowest BCUT2D eigenvalue weighted by Gasteiger charge is -2.51. The van der Waals surface area contributed by atoms with Gasteiger partial charge in [-0.3, -0.25) is 0 Å². The van der Waals surface area contributed by atoms with Crippen LogP contribution in [0.5, 0.6) is 11.6 Å². The van der Waals surface area contributed by atoms with Gasteiger partial charge >= 0.3 is 0 Å². The Morgan fingerprint density at radius 2 is 2.13 bits per heavy atom. The van der Waals surface area contributed by atoms with Gasteiger partial charge in [0.1, 0.15) is 11.9 Å². The van der Waals surface area contributed by atoms with Crippen LogP contribution in [0.1, 0.15) is 25.5 Å². The fourth-order valence-corrected chi connectivity index (χ4v) is 4.44. The predicted octanol–water partition coefficient (Wildman–Crippen LogP) is 3.20. The number of imidazole rings is 1. The van der Waals surface area contributed by atoms with E-state index in [1.54, 1.807) is 30.6 Å². The van der Waals surface area contributed by atoms with E-state index in [-0.39, 0.29) is 11.7 Å². The van der Waals surface area contributed by atoms with Gasteiger partial charge in [0, 0.05) is 36.4 Å². The van der Waals surface area contributed by atoms with Crippen molar-refractivity contribution in [3.8, 4) is 28.6 Å². The number of nitrogens with one attached hydrogen (secondary N) is 1. The summed E-state index contributed by atoms with van der Waals surface area (Å²) in [5.74, 6) is 0.522. The number of phenols is 1. The van der Waals surface area contributed by atoms with Gasteiger partial charge in [-0.15, -0.1) is 10.2 Å². The van der Waals surface area contributed by atoms with Crippen LogP contribution in [-0.4, -0.2) is 49.2 Å². The minimum atomic E-state index is -1.09. The average molecular weight is 409 g/mol. The number of halogens is 1. The molecule has 1 aliphatic carbocycles. The van der Waals surface area contributed by atoms with Gasteiger partial charge < -0.3 is 19.7 Å². The molecule has 1 unspecified atom stereocenters. The third-order valence-corrected chi connectivity index (χ3v) is 6.33. The molecule has 3 fully saturated rings. The zero-order valence-electron chi connectivity index (χ0n) is 16.9.